The molecule has 0 saturated carbocycles. The van der Waals surface area contributed by atoms with Gasteiger partial charge in [-0.25, -0.2) is 8.42 Å². The number of nitrogens with zero attached hydrogens (tertiary/aromatic N) is 2. The SMILES string of the molecule is O=S(=O)(Cc1csc(Br)c1)C[C@@H](O)Cn1cccn1. The summed E-state index contributed by atoms with van der Waals surface area (Å²) >= 11 is 4.74. The van der Waals surface area contributed by atoms with E-state index >= 15 is 0 Å². The lowest BCUT2D eigenvalue weighted by Gasteiger charge is -2.11. The highest BCUT2D eigenvalue weighted by Crippen LogP contribution is 2.22. The summed E-state index contributed by atoms with van der Waals surface area (Å²) in [4.78, 5) is 0. The van der Waals surface area contributed by atoms with Crippen LogP contribution in [0.2, 0.25) is 0 Å². The first kappa shape index (κ1) is 14.7. The summed E-state index contributed by atoms with van der Waals surface area (Å²) in [5, 5.41) is 15.5. The molecule has 0 unspecified atom stereocenters. The van der Waals surface area contributed by atoms with Crippen LogP contribution in [0.15, 0.2) is 33.7 Å². The summed E-state index contributed by atoms with van der Waals surface area (Å²) < 4.78 is 26.3. The van der Waals surface area contributed by atoms with Gasteiger partial charge >= 0.3 is 0 Å². The third-order valence-electron chi connectivity index (χ3n) is 2.41. The second kappa shape index (κ2) is 6.17. The van der Waals surface area contributed by atoms with Crippen molar-refractivity contribution >= 4 is 37.1 Å². The van der Waals surface area contributed by atoms with Gasteiger partial charge in [-0.2, -0.15) is 5.10 Å². The van der Waals surface area contributed by atoms with Crippen LogP contribution < -0.4 is 0 Å². The van der Waals surface area contributed by atoms with Crippen LogP contribution in [0, 0.1) is 0 Å². The smallest absolute Gasteiger partial charge is 0.157 e. The number of aliphatic hydroxyl groups excluding tert-OH is 1. The molecule has 0 amide bonds. The Bertz CT molecular complexity index is 622. The number of aliphatic hydroxyl groups is 1. The second-order valence-electron chi connectivity index (χ2n) is 4.20. The minimum absolute atomic E-state index is 0.0503. The molecular weight excluding hydrogens is 352 g/mol. The standard InChI is InChI=1S/C11H13BrN2O3S2/c12-11-4-9(6-18-11)7-19(16,17)8-10(15)5-14-3-1-2-13-14/h1-4,6,10,15H,5,7-8H2/t10-/m0/s1. The fourth-order valence-electron chi connectivity index (χ4n) is 1.70. The van der Waals surface area contributed by atoms with E-state index in [4.69, 9.17) is 0 Å². The zero-order chi connectivity index (χ0) is 13.9. The predicted octanol–water partition coefficient (Wildman–Crippen LogP) is 1.68. The van der Waals surface area contributed by atoms with Crippen molar-refractivity contribution < 1.29 is 13.5 Å². The molecule has 0 aromatic carbocycles. The minimum Gasteiger partial charge on any atom is -0.390 e. The molecule has 0 aliphatic rings. The van der Waals surface area contributed by atoms with Crippen molar-refractivity contribution in [1.82, 2.24) is 9.78 Å². The molecule has 5 nitrogen and oxygen atoms in total. The molecule has 0 radical (unpaired) electrons. The Morgan fingerprint density at radius 2 is 2.32 bits per heavy atom. The van der Waals surface area contributed by atoms with Crippen molar-refractivity contribution in [1.29, 1.82) is 0 Å². The Balaban J connectivity index is 1.93. The van der Waals surface area contributed by atoms with Gasteiger partial charge < -0.3 is 5.11 Å². The fraction of sp³-hybridized carbons (Fsp3) is 0.364. The Kier molecular flexibility index (Phi) is 4.77. The molecule has 0 bridgehead atoms. The Morgan fingerprint density at radius 1 is 1.53 bits per heavy atom. The van der Waals surface area contributed by atoms with E-state index in [-0.39, 0.29) is 18.1 Å². The first-order valence-corrected chi connectivity index (χ1v) is 9.03. The van der Waals surface area contributed by atoms with E-state index in [2.05, 4.69) is 21.0 Å². The summed E-state index contributed by atoms with van der Waals surface area (Å²) in [5.41, 5.74) is 0.739. The fourth-order valence-corrected chi connectivity index (χ4v) is 4.50. The van der Waals surface area contributed by atoms with Crippen LogP contribution in [0.4, 0.5) is 0 Å². The molecule has 2 aromatic heterocycles. The molecule has 0 aliphatic heterocycles. The molecule has 0 aliphatic carbocycles. The Labute approximate surface area is 123 Å². The van der Waals surface area contributed by atoms with Gasteiger partial charge in [0.15, 0.2) is 9.84 Å². The van der Waals surface area contributed by atoms with Crippen LogP contribution in [0.3, 0.4) is 0 Å². The zero-order valence-corrected chi connectivity index (χ0v) is 13.2. The number of aromatic nitrogens is 2. The van der Waals surface area contributed by atoms with E-state index in [1.54, 1.807) is 29.9 Å². The molecule has 2 rings (SSSR count). The van der Waals surface area contributed by atoms with Gasteiger partial charge in [0, 0.05) is 12.4 Å². The number of halogens is 1. The first-order valence-electron chi connectivity index (χ1n) is 5.53. The van der Waals surface area contributed by atoms with Gasteiger partial charge in [-0.15, -0.1) is 11.3 Å². The maximum absolute atomic E-state index is 11.9. The first-order chi connectivity index (χ1) is 8.94. The molecule has 19 heavy (non-hydrogen) atoms. The largest absolute Gasteiger partial charge is 0.390 e. The maximum Gasteiger partial charge on any atom is 0.157 e. The summed E-state index contributed by atoms with van der Waals surface area (Å²) in [6, 6.07) is 3.51. The van der Waals surface area contributed by atoms with Crippen molar-refractivity contribution in [3.05, 3.63) is 39.3 Å². The topological polar surface area (TPSA) is 72.2 Å². The molecule has 0 fully saturated rings. The lowest BCUT2D eigenvalue weighted by molar-refractivity contribution is 0.171. The number of hydrogen-bond donors (Lipinski definition) is 1. The third kappa shape index (κ3) is 4.72. The van der Waals surface area contributed by atoms with Crippen molar-refractivity contribution in [2.24, 2.45) is 0 Å². The monoisotopic (exact) mass is 364 g/mol. The molecular formula is C11H13BrN2O3S2. The Morgan fingerprint density at radius 3 is 2.89 bits per heavy atom. The summed E-state index contributed by atoms with van der Waals surface area (Å²) in [5.74, 6) is -0.314. The average molecular weight is 365 g/mol. The highest BCUT2D eigenvalue weighted by atomic mass is 79.9. The van der Waals surface area contributed by atoms with Gasteiger partial charge in [-0.3, -0.25) is 4.68 Å². The van der Waals surface area contributed by atoms with E-state index in [0.717, 1.165) is 9.35 Å². The molecule has 8 heteroatoms. The zero-order valence-electron chi connectivity index (χ0n) is 9.94. The second-order valence-corrected chi connectivity index (χ2v) is 8.60. The highest BCUT2D eigenvalue weighted by molar-refractivity contribution is 9.11. The molecule has 1 N–H and O–H groups in total. The van der Waals surface area contributed by atoms with Crippen molar-refractivity contribution in [3.8, 4) is 0 Å². The van der Waals surface area contributed by atoms with E-state index in [9.17, 15) is 13.5 Å². The van der Waals surface area contributed by atoms with Crippen molar-refractivity contribution in [2.45, 2.75) is 18.4 Å². The van der Waals surface area contributed by atoms with Gasteiger partial charge in [0.2, 0.25) is 0 Å². The molecule has 2 heterocycles. The minimum atomic E-state index is -3.33. The Hall–Kier alpha value is -0.700. The summed E-state index contributed by atoms with van der Waals surface area (Å²) in [7, 11) is -3.33. The lowest BCUT2D eigenvalue weighted by atomic mass is 10.4. The molecule has 2 aromatic rings. The third-order valence-corrected chi connectivity index (χ3v) is 5.63. The van der Waals surface area contributed by atoms with Crippen LogP contribution in [0.25, 0.3) is 0 Å². The average Bonchev–Trinajstić information content (AvgIpc) is 2.88. The van der Waals surface area contributed by atoms with E-state index in [0.29, 0.717) is 0 Å². The maximum atomic E-state index is 11.9. The van der Waals surface area contributed by atoms with E-state index < -0.39 is 15.9 Å². The van der Waals surface area contributed by atoms with Gasteiger partial charge in [-0.1, -0.05) is 0 Å². The number of hydrogen-bond acceptors (Lipinski definition) is 5. The number of sulfone groups is 1. The van der Waals surface area contributed by atoms with E-state index in [1.807, 2.05) is 0 Å². The number of thiophene rings is 1. The van der Waals surface area contributed by atoms with Crippen molar-refractivity contribution in [3.63, 3.8) is 0 Å². The molecule has 1 atom stereocenters. The molecule has 0 spiro atoms. The number of rotatable bonds is 6. The van der Waals surface area contributed by atoms with Crippen LogP contribution in [0.5, 0.6) is 0 Å². The van der Waals surface area contributed by atoms with E-state index in [1.165, 1.54) is 16.0 Å². The van der Waals surface area contributed by atoms with Gasteiger partial charge in [-0.05, 0) is 39.0 Å². The lowest BCUT2D eigenvalue weighted by Crippen LogP contribution is -2.26. The molecule has 104 valence electrons. The quantitative estimate of drug-likeness (QED) is 0.846. The van der Waals surface area contributed by atoms with Crippen LogP contribution in [-0.4, -0.2) is 35.2 Å². The van der Waals surface area contributed by atoms with Crippen LogP contribution in [0.1, 0.15) is 5.56 Å². The highest BCUT2D eigenvalue weighted by Gasteiger charge is 2.19. The van der Waals surface area contributed by atoms with Crippen molar-refractivity contribution in [2.75, 3.05) is 5.75 Å². The predicted molar refractivity (Wildman–Crippen MR) is 77.7 cm³/mol. The summed E-state index contributed by atoms with van der Waals surface area (Å²) in [6.45, 7) is 0.180. The normalized spacial score (nSPS) is 13.6. The van der Waals surface area contributed by atoms with Gasteiger partial charge in [0.1, 0.15) is 0 Å². The van der Waals surface area contributed by atoms with Gasteiger partial charge in [0.25, 0.3) is 0 Å². The summed E-state index contributed by atoms with van der Waals surface area (Å²) in [6.07, 6.45) is 2.32. The van der Waals surface area contributed by atoms with Crippen LogP contribution >= 0.6 is 27.3 Å². The van der Waals surface area contributed by atoms with Gasteiger partial charge in [0.05, 0.1) is 27.9 Å². The molecule has 0 saturated heterocycles. The van der Waals surface area contributed by atoms with Crippen LogP contribution in [-0.2, 0) is 22.1 Å².